The maximum absolute atomic E-state index is 6.61. The Bertz CT molecular complexity index is 1630. The lowest BCUT2D eigenvalue weighted by molar-refractivity contribution is 0.396. The van der Waals surface area contributed by atoms with E-state index < -0.39 is 5.41 Å². The molecule has 4 heteroatoms. The van der Waals surface area contributed by atoms with E-state index in [1.165, 1.54) is 0 Å². The van der Waals surface area contributed by atoms with E-state index in [0.29, 0.717) is 34.5 Å². The van der Waals surface area contributed by atoms with Crippen LogP contribution in [-0.2, 0) is 5.41 Å². The molecule has 0 heterocycles. The van der Waals surface area contributed by atoms with Crippen LogP contribution in [0.5, 0.6) is 46.0 Å². The molecule has 6 rings (SSSR count). The van der Waals surface area contributed by atoms with E-state index in [4.69, 9.17) is 18.9 Å². The second kappa shape index (κ2) is 12.6. The summed E-state index contributed by atoms with van der Waals surface area (Å²) in [6, 6.07) is 51.0. The first kappa shape index (κ1) is 27.7. The number of hydrogen-bond donors (Lipinski definition) is 0. The molecule has 0 amide bonds. The first-order valence-corrected chi connectivity index (χ1v) is 14.3. The zero-order chi connectivity index (χ0) is 29.5. The van der Waals surface area contributed by atoms with Crippen molar-refractivity contribution in [1.29, 1.82) is 0 Å². The summed E-state index contributed by atoms with van der Waals surface area (Å²) < 4.78 is 26.0. The van der Waals surface area contributed by atoms with Crippen molar-refractivity contribution in [2.75, 3.05) is 0 Å². The molecule has 0 aliphatic heterocycles. The highest BCUT2D eigenvalue weighted by Gasteiger charge is 2.33. The summed E-state index contributed by atoms with van der Waals surface area (Å²) in [4.78, 5) is 0. The lowest BCUT2D eigenvalue weighted by atomic mass is 9.77. The van der Waals surface area contributed by atoms with Gasteiger partial charge in [-0.15, -0.1) is 0 Å². The average Bonchev–Trinajstić information content (AvgIpc) is 3.04. The van der Waals surface area contributed by atoms with Gasteiger partial charge < -0.3 is 18.9 Å². The normalized spacial score (nSPS) is 11.0. The molecule has 0 aliphatic rings. The molecule has 0 atom stereocenters. The van der Waals surface area contributed by atoms with E-state index in [9.17, 15) is 0 Å². The van der Waals surface area contributed by atoms with Crippen LogP contribution in [0.1, 0.15) is 25.0 Å². The molecule has 0 aromatic heterocycles. The number of para-hydroxylation sites is 6. The quantitative estimate of drug-likeness (QED) is 0.166. The summed E-state index contributed by atoms with van der Waals surface area (Å²) in [7, 11) is 0. The fourth-order valence-corrected chi connectivity index (χ4v) is 4.98. The van der Waals surface area contributed by atoms with Gasteiger partial charge in [0.15, 0.2) is 23.0 Å². The van der Waals surface area contributed by atoms with E-state index in [1.54, 1.807) is 0 Å². The molecule has 0 spiro atoms. The van der Waals surface area contributed by atoms with Crippen molar-refractivity contribution in [2.45, 2.75) is 19.3 Å². The predicted octanol–water partition coefficient (Wildman–Crippen LogP) is 11.2. The number of hydrogen-bond acceptors (Lipinski definition) is 4. The van der Waals surface area contributed by atoms with Crippen molar-refractivity contribution < 1.29 is 18.9 Å². The van der Waals surface area contributed by atoms with E-state index >= 15 is 0 Å². The fraction of sp³-hybridized carbons (Fsp3) is 0.0769. The van der Waals surface area contributed by atoms with Gasteiger partial charge in [0.2, 0.25) is 0 Å². The average molecular weight is 565 g/mol. The summed E-state index contributed by atoms with van der Waals surface area (Å²) in [5.41, 5.74) is 1.25. The maximum atomic E-state index is 6.61. The molecule has 43 heavy (non-hydrogen) atoms. The Labute approximate surface area is 252 Å². The molecule has 212 valence electrons. The second-order valence-electron chi connectivity index (χ2n) is 10.6. The van der Waals surface area contributed by atoms with Gasteiger partial charge in [0.25, 0.3) is 0 Å². The Hall–Kier alpha value is -5.48. The highest BCUT2D eigenvalue weighted by molar-refractivity contribution is 5.61. The molecular formula is C39H32O4. The minimum absolute atomic E-state index is 0.611. The van der Waals surface area contributed by atoms with Crippen molar-refractivity contribution in [3.63, 3.8) is 0 Å². The molecular weight excluding hydrogens is 532 g/mol. The first-order chi connectivity index (χ1) is 21.1. The van der Waals surface area contributed by atoms with Crippen LogP contribution >= 0.6 is 0 Å². The molecule has 0 saturated carbocycles. The summed E-state index contributed by atoms with van der Waals surface area (Å²) >= 11 is 0. The van der Waals surface area contributed by atoms with Gasteiger partial charge >= 0.3 is 0 Å². The van der Waals surface area contributed by atoms with Crippen LogP contribution < -0.4 is 18.9 Å². The van der Waals surface area contributed by atoms with Crippen molar-refractivity contribution in [3.05, 3.63) is 169 Å². The number of benzene rings is 6. The van der Waals surface area contributed by atoms with Gasteiger partial charge in [-0.2, -0.15) is 0 Å². The second-order valence-corrected chi connectivity index (χ2v) is 10.6. The molecule has 6 aromatic rings. The first-order valence-electron chi connectivity index (χ1n) is 14.3. The summed E-state index contributed by atoms with van der Waals surface area (Å²) in [6.07, 6.45) is 0. The monoisotopic (exact) mass is 564 g/mol. The zero-order valence-electron chi connectivity index (χ0n) is 24.1. The zero-order valence-corrected chi connectivity index (χ0v) is 24.1. The smallest absolute Gasteiger partial charge is 0.174 e. The molecule has 0 aliphatic carbocycles. The van der Waals surface area contributed by atoms with Gasteiger partial charge in [-0.05, 0) is 60.7 Å². The van der Waals surface area contributed by atoms with Crippen LogP contribution in [0.3, 0.4) is 0 Å². The lowest BCUT2D eigenvalue weighted by Crippen LogP contribution is -2.21. The van der Waals surface area contributed by atoms with Crippen LogP contribution in [0.2, 0.25) is 0 Å². The van der Waals surface area contributed by atoms with Gasteiger partial charge in [-0.1, -0.05) is 111 Å². The largest absolute Gasteiger partial charge is 0.453 e. The van der Waals surface area contributed by atoms with Crippen molar-refractivity contribution in [3.8, 4) is 46.0 Å². The maximum Gasteiger partial charge on any atom is 0.174 e. The molecule has 0 saturated heterocycles. The molecule has 0 fully saturated rings. The predicted molar refractivity (Wildman–Crippen MR) is 171 cm³/mol. The summed E-state index contributed by atoms with van der Waals surface area (Å²) in [5.74, 6) is 5.36. The van der Waals surface area contributed by atoms with Crippen LogP contribution in [0.25, 0.3) is 0 Å². The van der Waals surface area contributed by atoms with Crippen molar-refractivity contribution in [1.82, 2.24) is 0 Å². The summed E-state index contributed by atoms with van der Waals surface area (Å²) in [5, 5.41) is 0. The van der Waals surface area contributed by atoms with E-state index in [-0.39, 0.29) is 0 Å². The lowest BCUT2D eigenvalue weighted by Gasteiger charge is -2.31. The Morgan fingerprint density at radius 3 is 0.953 bits per heavy atom. The SMILES string of the molecule is CC(C)(c1cccc(Oc2ccccc2)c1Oc1ccccc1)c1cccc(Oc2ccccc2)c1Oc1ccccc1. The fourth-order valence-electron chi connectivity index (χ4n) is 4.98. The van der Waals surface area contributed by atoms with Crippen molar-refractivity contribution >= 4 is 0 Å². The number of rotatable bonds is 10. The molecule has 6 aromatic carbocycles. The molecule has 0 bridgehead atoms. The molecule has 0 N–H and O–H groups in total. The van der Waals surface area contributed by atoms with Crippen LogP contribution in [0.15, 0.2) is 158 Å². The van der Waals surface area contributed by atoms with Crippen LogP contribution in [0, 0.1) is 0 Å². The Balaban J connectivity index is 1.50. The number of ether oxygens (including phenoxy) is 4. The molecule has 4 nitrogen and oxygen atoms in total. The third kappa shape index (κ3) is 6.39. The van der Waals surface area contributed by atoms with Crippen LogP contribution in [-0.4, -0.2) is 0 Å². The molecule has 0 unspecified atom stereocenters. The third-order valence-electron chi connectivity index (χ3n) is 7.17. The van der Waals surface area contributed by atoms with Crippen molar-refractivity contribution in [2.24, 2.45) is 0 Å². The minimum atomic E-state index is -0.611. The van der Waals surface area contributed by atoms with Gasteiger partial charge in [-0.3, -0.25) is 0 Å². The Morgan fingerprint density at radius 2 is 0.628 bits per heavy atom. The van der Waals surface area contributed by atoms with E-state index in [0.717, 1.165) is 22.6 Å². The molecule has 0 radical (unpaired) electrons. The van der Waals surface area contributed by atoms with Gasteiger partial charge in [0.1, 0.15) is 23.0 Å². The van der Waals surface area contributed by atoms with Crippen LogP contribution in [0.4, 0.5) is 0 Å². The summed E-state index contributed by atoms with van der Waals surface area (Å²) in [6.45, 7) is 4.32. The van der Waals surface area contributed by atoms with Gasteiger partial charge in [-0.25, -0.2) is 0 Å². The minimum Gasteiger partial charge on any atom is -0.453 e. The highest BCUT2D eigenvalue weighted by atomic mass is 16.5. The standard InChI is InChI=1S/C39H32O4/c1-39(2,33-25-15-27-35(40-29-17-7-3-8-18-29)37(33)42-31-21-11-5-12-22-31)34-26-16-28-36(41-30-19-9-4-10-20-30)38(34)43-32-23-13-6-14-24-32/h3-28H,1-2H3. The van der Waals surface area contributed by atoms with Gasteiger partial charge in [0.05, 0.1) is 0 Å². The topological polar surface area (TPSA) is 36.9 Å². The van der Waals surface area contributed by atoms with Gasteiger partial charge in [0, 0.05) is 16.5 Å². The Morgan fingerprint density at radius 1 is 0.326 bits per heavy atom. The highest BCUT2D eigenvalue weighted by Crippen LogP contribution is 2.50. The third-order valence-corrected chi connectivity index (χ3v) is 7.17. The van der Waals surface area contributed by atoms with E-state index in [2.05, 4.69) is 26.0 Å². The van der Waals surface area contributed by atoms with E-state index in [1.807, 2.05) is 146 Å². The Kier molecular flexibility index (Phi) is 8.10.